The Bertz CT molecular complexity index is 1090. The molecule has 0 radical (unpaired) electrons. The number of carbonyl (C=O) groups is 1. The van der Waals surface area contributed by atoms with Gasteiger partial charge in [-0.05, 0) is 73.1 Å². The highest BCUT2D eigenvalue weighted by molar-refractivity contribution is 6.03. The lowest BCUT2D eigenvalue weighted by atomic mass is 10.0. The summed E-state index contributed by atoms with van der Waals surface area (Å²) < 4.78 is 0. The van der Waals surface area contributed by atoms with Gasteiger partial charge in [0.05, 0.1) is 11.7 Å². The van der Waals surface area contributed by atoms with E-state index in [1.165, 1.54) is 11.1 Å². The van der Waals surface area contributed by atoms with Gasteiger partial charge in [-0.3, -0.25) is 4.90 Å². The first-order valence-corrected chi connectivity index (χ1v) is 11.9. The molecule has 0 aliphatic rings. The van der Waals surface area contributed by atoms with Crippen LogP contribution in [0.5, 0.6) is 0 Å². The number of nitrogen functional groups attached to an aromatic ring is 1. The quantitative estimate of drug-likeness (QED) is 0.349. The van der Waals surface area contributed by atoms with Crippen LogP contribution in [0.3, 0.4) is 0 Å². The van der Waals surface area contributed by atoms with E-state index in [0.29, 0.717) is 11.6 Å². The minimum Gasteiger partial charge on any atom is -0.398 e. The third-order valence-corrected chi connectivity index (χ3v) is 6.41. The molecule has 182 valence electrons. The predicted octanol–water partition coefficient (Wildman–Crippen LogP) is 8.26. The molecule has 34 heavy (non-hydrogen) atoms. The lowest BCUT2D eigenvalue weighted by molar-refractivity contribution is 0.255. The zero-order valence-electron chi connectivity index (χ0n) is 20.8. The lowest BCUT2D eigenvalue weighted by Gasteiger charge is -2.31. The summed E-state index contributed by atoms with van der Waals surface area (Å²) in [5.41, 5.74) is 14.3. The molecule has 3 aromatic carbocycles. The standard InChI is InChI=1S/C29H37N3O.CH4/c1-7-22-15-18-27(30)26(8-2)28(22)31-29(33)32(21(6)24-11-9-20(5)10-12-24)25-16-13-23(14-17-25)19(3)4;/h9-19,21H,7-8,30H2,1-6H3,(H,31,33);1H4/t21-;/m1./s1. The second-order valence-corrected chi connectivity index (χ2v) is 9.01. The Morgan fingerprint density at radius 2 is 1.47 bits per heavy atom. The first kappa shape index (κ1) is 27.0. The van der Waals surface area contributed by atoms with Crippen molar-refractivity contribution >= 4 is 23.1 Å². The summed E-state index contributed by atoms with van der Waals surface area (Å²) in [5.74, 6) is 0.433. The molecule has 0 aromatic heterocycles. The SMILES string of the molecule is C.CCc1ccc(N)c(CC)c1NC(=O)N(c1ccc(C(C)C)cc1)[C@H](C)c1ccc(C)cc1. The fourth-order valence-electron chi connectivity index (χ4n) is 4.24. The van der Waals surface area contributed by atoms with Gasteiger partial charge < -0.3 is 11.1 Å². The van der Waals surface area contributed by atoms with Crippen molar-refractivity contribution in [2.45, 2.75) is 73.8 Å². The Morgan fingerprint density at radius 3 is 2.00 bits per heavy atom. The largest absolute Gasteiger partial charge is 0.398 e. The first-order valence-electron chi connectivity index (χ1n) is 11.9. The number of anilines is 3. The maximum atomic E-state index is 13.8. The van der Waals surface area contributed by atoms with Crippen molar-refractivity contribution in [2.75, 3.05) is 16.0 Å². The summed E-state index contributed by atoms with van der Waals surface area (Å²) >= 11 is 0. The second kappa shape index (κ2) is 11.7. The van der Waals surface area contributed by atoms with Gasteiger partial charge in [-0.1, -0.05) is 83.1 Å². The minimum absolute atomic E-state index is 0. The highest BCUT2D eigenvalue weighted by atomic mass is 16.2. The molecular weight excluding hydrogens is 418 g/mol. The van der Waals surface area contributed by atoms with E-state index in [1.54, 1.807) is 0 Å². The van der Waals surface area contributed by atoms with Gasteiger partial charge in [-0.15, -0.1) is 0 Å². The van der Waals surface area contributed by atoms with E-state index in [9.17, 15) is 4.79 Å². The number of carbonyl (C=O) groups excluding carboxylic acids is 1. The smallest absolute Gasteiger partial charge is 0.326 e. The molecule has 3 aromatic rings. The lowest BCUT2D eigenvalue weighted by Crippen LogP contribution is -2.37. The molecule has 0 aliphatic carbocycles. The topological polar surface area (TPSA) is 58.4 Å². The van der Waals surface area contributed by atoms with Gasteiger partial charge in [0, 0.05) is 11.4 Å². The highest BCUT2D eigenvalue weighted by Crippen LogP contribution is 2.32. The molecule has 4 nitrogen and oxygen atoms in total. The van der Waals surface area contributed by atoms with Gasteiger partial charge in [-0.2, -0.15) is 0 Å². The maximum Gasteiger partial charge on any atom is 0.326 e. The number of urea groups is 1. The summed E-state index contributed by atoms with van der Waals surface area (Å²) in [4.78, 5) is 15.7. The third kappa shape index (κ3) is 5.80. The van der Waals surface area contributed by atoms with E-state index in [2.05, 4.69) is 83.3 Å². The van der Waals surface area contributed by atoms with Crippen LogP contribution >= 0.6 is 0 Å². The Kier molecular flexibility index (Phi) is 9.31. The summed E-state index contributed by atoms with van der Waals surface area (Å²) in [6.45, 7) is 12.7. The van der Waals surface area contributed by atoms with Crippen LogP contribution in [0, 0.1) is 6.92 Å². The van der Waals surface area contributed by atoms with Gasteiger partial charge in [0.2, 0.25) is 0 Å². The number of amides is 2. The van der Waals surface area contributed by atoms with Gasteiger partial charge in [0.1, 0.15) is 0 Å². The molecule has 0 fully saturated rings. The van der Waals surface area contributed by atoms with Crippen molar-refractivity contribution in [1.82, 2.24) is 0 Å². The molecule has 0 unspecified atom stereocenters. The fourth-order valence-corrected chi connectivity index (χ4v) is 4.24. The van der Waals surface area contributed by atoms with Gasteiger partial charge >= 0.3 is 6.03 Å². The molecule has 4 heteroatoms. The van der Waals surface area contributed by atoms with Crippen molar-refractivity contribution in [3.63, 3.8) is 0 Å². The summed E-state index contributed by atoms with van der Waals surface area (Å²) in [6.07, 6.45) is 1.57. The number of hydrogen-bond donors (Lipinski definition) is 2. The Hall–Kier alpha value is -3.27. The summed E-state index contributed by atoms with van der Waals surface area (Å²) in [7, 11) is 0. The van der Waals surface area contributed by atoms with Gasteiger partial charge in [0.15, 0.2) is 0 Å². The zero-order chi connectivity index (χ0) is 24.1. The number of aryl methyl sites for hydroxylation is 2. The average Bonchev–Trinajstić information content (AvgIpc) is 2.80. The van der Waals surface area contributed by atoms with Crippen LogP contribution in [-0.2, 0) is 12.8 Å². The van der Waals surface area contributed by atoms with Crippen LogP contribution in [-0.4, -0.2) is 6.03 Å². The number of rotatable bonds is 7. The number of nitrogens with two attached hydrogens (primary N) is 1. The molecule has 2 amide bonds. The van der Waals surface area contributed by atoms with Crippen molar-refractivity contribution in [2.24, 2.45) is 0 Å². The van der Waals surface area contributed by atoms with Crippen LogP contribution in [0.2, 0.25) is 0 Å². The predicted molar refractivity (Wildman–Crippen MR) is 148 cm³/mol. The van der Waals surface area contributed by atoms with E-state index >= 15 is 0 Å². The van der Waals surface area contributed by atoms with Crippen molar-refractivity contribution < 1.29 is 4.79 Å². The summed E-state index contributed by atoms with van der Waals surface area (Å²) in [6, 6.07) is 20.3. The van der Waals surface area contributed by atoms with Crippen LogP contribution in [0.25, 0.3) is 0 Å². The molecule has 0 spiro atoms. The normalized spacial score (nSPS) is 11.6. The van der Waals surface area contributed by atoms with Crippen molar-refractivity contribution in [3.8, 4) is 0 Å². The van der Waals surface area contributed by atoms with E-state index in [0.717, 1.165) is 40.9 Å². The number of benzene rings is 3. The van der Waals surface area contributed by atoms with Crippen molar-refractivity contribution in [3.05, 3.63) is 88.5 Å². The zero-order valence-corrected chi connectivity index (χ0v) is 20.8. The second-order valence-electron chi connectivity index (χ2n) is 9.01. The highest BCUT2D eigenvalue weighted by Gasteiger charge is 2.25. The molecule has 3 N–H and O–H groups in total. The van der Waals surface area contributed by atoms with Crippen LogP contribution in [0.1, 0.15) is 81.8 Å². The van der Waals surface area contributed by atoms with Crippen LogP contribution < -0.4 is 16.0 Å². The number of nitrogens with zero attached hydrogens (tertiary/aromatic N) is 1. The molecule has 0 aliphatic heterocycles. The van der Waals surface area contributed by atoms with Crippen LogP contribution in [0.4, 0.5) is 21.9 Å². The third-order valence-electron chi connectivity index (χ3n) is 6.41. The molecule has 0 heterocycles. The molecule has 1 atom stereocenters. The molecule has 0 bridgehead atoms. The molecular formula is C30H41N3O. The Balaban J connectivity index is 0.00000408. The molecule has 0 saturated heterocycles. The monoisotopic (exact) mass is 459 g/mol. The Morgan fingerprint density at radius 1 is 0.882 bits per heavy atom. The average molecular weight is 460 g/mol. The maximum absolute atomic E-state index is 13.8. The van der Waals surface area contributed by atoms with Crippen molar-refractivity contribution in [1.29, 1.82) is 0 Å². The van der Waals surface area contributed by atoms with E-state index in [-0.39, 0.29) is 19.5 Å². The van der Waals surface area contributed by atoms with E-state index in [1.807, 2.05) is 29.2 Å². The van der Waals surface area contributed by atoms with Crippen LogP contribution in [0.15, 0.2) is 60.7 Å². The number of hydrogen-bond acceptors (Lipinski definition) is 2. The first-order chi connectivity index (χ1) is 15.8. The fraction of sp³-hybridized carbons (Fsp3) is 0.367. The Labute approximate surface area is 206 Å². The minimum atomic E-state index is -0.157. The van der Waals surface area contributed by atoms with Gasteiger partial charge in [0.25, 0.3) is 0 Å². The van der Waals surface area contributed by atoms with Gasteiger partial charge in [-0.25, -0.2) is 4.79 Å². The van der Waals surface area contributed by atoms with E-state index in [4.69, 9.17) is 5.73 Å². The molecule has 0 saturated carbocycles. The summed E-state index contributed by atoms with van der Waals surface area (Å²) in [5, 5.41) is 3.23. The molecule has 3 rings (SSSR count). The number of nitrogens with one attached hydrogen (secondary N) is 1. The van der Waals surface area contributed by atoms with E-state index < -0.39 is 0 Å².